The SMILES string of the molecule is CCC1C(=O)NC(=O)CN1S(=O)(=O)c1cnccc1NN. The van der Waals surface area contributed by atoms with Gasteiger partial charge in [0.25, 0.3) is 0 Å². The van der Waals surface area contributed by atoms with Crippen molar-refractivity contribution in [3.63, 3.8) is 0 Å². The lowest BCUT2D eigenvalue weighted by atomic mass is 10.2. The van der Waals surface area contributed by atoms with Gasteiger partial charge in [-0.05, 0) is 12.5 Å². The van der Waals surface area contributed by atoms with E-state index >= 15 is 0 Å². The lowest BCUT2D eigenvalue weighted by Gasteiger charge is -2.32. The van der Waals surface area contributed by atoms with Crippen molar-refractivity contribution < 1.29 is 18.0 Å². The normalized spacial score (nSPS) is 20.2. The van der Waals surface area contributed by atoms with Crippen LogP contribution >= 0.6 is 0 Å². The van der Waals surface area contributed by atoms with E-state index < -0.39 is 34.4 Å². The minimum atomic E-state index is -4.09. The first kappa shape index (κ1) is 15.4. The molecule has 1 aromatic heterocycles. The Hall–Kier alpha value is -2.04. The molecule has 0 aliphatic carbocycles. The number of piperazine rings is 1. The molecule has 2 amide bonds. The molecule has 1 aliphatic rings. The molecule has 9 nitrogen and oxygen atoms in total. The average Bonchev–Trinajstić information content (AvgIpc) is 2.46. The van der Waals surface area contributed by atoms with Gasteiger partial charge < -0.3 is 5.43 Å². The third-order valence-corrected chi connectivity index (χ3v) is 5.01. The first-order valence-corrected chi connectivity index (χ1v) is 7.62. The number of hydrazine groups is 1. The number of nitrogens with zero attached hydrogens (tertiary/aromatic N) is 2. The summed E-state index contributed by atoms with van der Waals surface area (Å²) in [6, 6.07) is 0.443. The second-order valence-electron chi connectivity index (χ2n) is 4.40. The highest BCUT2D eigenvalue weighted by atomic mass is 32.2. The van der Waals surface area contributed by atoms with Gasteiger partial charge in [-0.15, -0.1) is 0 Å². The topological polar surface area (TPSA) is 134 Å². The van der Waals surface area contributed by atoms with Crippen molar-refractivity contribution in [2.45, 2.75) is 24.3 Å². The van der Waals surface area contributed by atoms with Crippen molar-refractivity contribution in [3.8, 4) is 0 Å². The van der Waals surface area contributed by atoms with Crippen molar-refractivity contribution in [2.75, 3.05) is 12.0 Å². The lowest BCUT2D eigenvalue weighted by Crippen LogP contribution is -2.59. The Balaban J connectivity index is 2.51. The second kappa shape index (κ2) is 5.76. The molecule has 0 bridgehead atoms. The molecule has 1 saturated heterocycles. The Morgan fingerprint density at radius 1 is 1.52 bits per heavy atom. The monoisotopic (exact) mass is 313 g/mol. The molecular formula is C11H15N5O4S. The summed E-state index contributed by atoms with van der Waals surface area (Å²) in [5.74, 6) is 3.99. The first-order chi connectivity index (χ1) is 9.91. The van der Waals surface area contributed by atoms with Gasteiger partial charge in [0, 0.05) is 12.4 Å². The molecule has 0 spiro atoms. The number of pyridine rings is 1. The van der Waals surface area contributed by atoms with Crippen molar-refractivity contribution >= 4 is 27.5 Å². The predicted molar refractivity (Wildman–Crippen MR) is 73.2 cm³/mol. The summed E-state index contributed by atoms with van der Waals surface area (Å²) in [6.07, 6.45) is 2.73. The summed E-state index contributed by atoms with van der Waals surface area (Å²) in [6.45, 7) is 1.24. The molecule has 0 saturated carbocycles. The van der Waals surface area contributed by atoms with Gasteiger partial charge in [-0.2, -0.15) is 4.31 Å². The molecule has 10 heteroatoms. The highest BCUT2D eigenvalue weighted by molar-refractivity contribution is 7.89. The van der Waals surface area contributed by atoms with Crippen molar-refractivity contribution in [1.29, 1.82) is 0 Å². The van der Waals surface area contributed by atoms with Gasteiger partial charge in [0.15, 0.2) is 0 Å². The summed E-state index contributed by atoms with van der Waals surface area (Å²) < 4.78 is 26.2. The highest BCUT2D eigenvalue weighted by Crippen LogP contribution is 2.26. The van der Waals surface area contributed by atoms with Gasteiger partial charge in [0.1, 0.15) is 10.9 Å². The molecule has 1 fully saturated rings. The van der Waals surface area contributed by atoms with E-state index in [4.69, 9.17) is 5.84 Å². The predicted octanol–water partition coefficient (Wildman–Crippen LogP) is -1.21. The average molecular weight is 313 g/mol. The smallest absolute Gasteiger partial charge is 0.247 e. The van der Waals surface area contributed by atoms with Crippen LogP contribution in [0.4, 0.5) is 5.69 Å². The maximum Gasteiger partial charge on any atom is 0.247 e. The Labute approximate surface area is 121 Å². The van der Waals surface area contributed by atoms with Crippen LogP contribution in [0.25, 0.3) is 0 Å². The van der Waals surface area contributed by atoms with Crippen LogP contribution in [0.15, 0.2) is 23.4 Å². The number of imide groups is 1. The van der Waals surface area contributed by atoms with Crippen LogP contribution in [0.3, 0.4) is 0 Å². The molecule has 1 unspecified atom stereocenters. The highest BCUT2D eigenvalue weighted by Gasteiger charge is 2.41. The zero-order valence-electron chi connectivity index (χ0n) is 11.2. The lowest BCUT2D eigenvalue weighted by molar-refractivity contribution is -0.137. The summed E-state index contributed by atoms with van der Waals surface area (Å²) in [7, 11) is -4.09. The number of carbonyl (C=O) groups excluding carboxylic acids is 2. The molecule has 1 aromatic rings. The summed E-state index contributed by atoms with van der Waals surface area (Å²) in [4.78, 5) is 26.8. The van der Waals surface area contributed by atoms with Gasteiger partial charge in [-0.3, -0.25) is 25.7 Å². The molecular weight excluding hydrogens is 298 g/mol. The number of nitrogens with two attached hydrogens (primary N) is 1. The van der Waals surface area contributed by atoms with E-state index in [1.165, 1.54) is 12.3 Å². The number of hydrogen-bond acceptors (Lipinski definition) is 7. The van der Waals surface area contributed by atoms with Crippen LogP contribution in [0.1, 0.15) is 13.3 Å². The number of amides is 2. The van der Waals surface area contributed by atoms with Crippen LogP contribution in [-0.2, 0) is 19.6 Å². The number of nitrogens with one attached hydrogen (secondary N) is 2. The van der Waals surface area contributed by atoms with E-state index in [0.717, 1.165) is 10.5 Å². The maximum atomic E-state index is 12.7. The summed E-state index contributed by atoms with van der Waals surface area (Å²) in [5, 5.41) is 2.12. The number of rotatable bonds is 4. The molecule has 1 atom stereocenters. The number of hydrogen-bond donors (Lipinski definition) is 3. The Morgan fingerprint density at radius 3 is 2.86 bits per heavy atom. The van der Waals surface area contributed by atoms with Gasteiger partial charge in [-0.1, -0.05) is 6.92 Å². The van der Waals surface area contributed by atoms with E-state index in [1.54, 1.807) is 6.92 Å². The molecule has 114 valence electrons. The van der Waals surface area contributed by atoms with Crippen molar-refractivity contribution in [3.05, 3.63) is 18.5 Å². The first-order valence-electron chi connectivity index (χ1n) is 6.18. The molecule has 0 radical (unpaired) electrons. The van der Waals surface area contributed by atoms with E-state index in [-0.39, 0.29) is 17.0 Å². The third kappa shape index (κ3) is 2.73. The summed E-state index contributed by atoms with van der Waals surface area (Å²) >= 11 is 0. The van der Waals surface area contributed by atoms with Crippen LogP contribution in [0, 0.1) is 0 Å². The van der Waals surface area contributed by atoms with E-state index in [9.17, 15) is 18.0 Å². The van der Waals surface area contributed by atoms with Crippen LogP contribution in [0.5, 0.6) is 0 Å². The number of sulfonamides is 1. The Bertz CT molecular complexity index is 675. The Kier molecular flexibility index (Phi) is 4.21. The fourth-order valence-electron chi connectivity index (χ4n) is 2.12. The van der Waals surface area contributed by atoms with E-state index in [1.807, 2.05) is 0 Å². The van der Waals surface area contributed by atoms with Crippen LogP contribution in [-0.4, -0.2) is 42.1 Å². The van der Waals surface area contributed by atoms with E-state index in [2.05, 4.69) is 15.7 Å². The summed E-state index contributed by atoms with van der Waals surface area (Å²) in [5.41, 5.74) is 2.40. The number of carbonyl (C=O) groups is 2. The number of anilines is 1. The van der Waals surface area contributed by atoms with Gasteiger partial charge in [0.05, 0.1) is 12.2 Å². The van der Waals surface area contributed by atoms with Crippen LogP contribution in [0.2, 0.25) is 0 Å². The van der Waals surface area contributed by atoms with Crippen molar-refractivity contribution in [2.24, 2.45) is 5.84 Å². The second-order valence-corrected chi connectivity index (χ2v) is 6.26. The van der Waals surface area contributed by atoms with Gasteiger partial charge in [0.2, 0.25) is 21.8 Å². The molecule has 21 heavy (non-hydrogen) atoms. The zero-order chi connectivity index (χ0) is 15.6. The third-order valence-electron chi connectivity index (χ3n) is 3.13. The van der Waals surface area contributed by atoms with Gasteiger partial charge in [-0.25, -0.2) is 8.42 Å². The van der Waals surface area contributed by atoms with Gasteiger partial charge >= 0.3 is 0 Å². The largest absolute Gasteiger partial charge is 0.323 e. The minimum Gasteiger partial charge on any atom is -0.323 e. The fourth-order valence-corrected chi connectivity index (χ4v) is 3.83. The van der Waals surface area contributed by atoms with E-state index in [0.29, 0.717) is 0 Å². The molecule has 4 N–H and O–H groups in total. The quantitative estimate of drug-likeness (QED) is 0.361. The number of aromatic nitrogens is 1. The molecule has 2 rings (SSSR count). The Morgan fingerprint density at radius 2 is 2.24 bits per heavy atom. The minimum absolute atomic E-state index is 0.137. The molecule has 0 aromatic carbocycles. The molecule has 2 heterocycles. The fraction of sp³-hybridized carbons (Fsp3) is 0.364. The van der Waals surface area contributed by atoms with Crippen molar-refractivity contribution in [1.82, 2.24) is 14.6 Å². The van der Waals surface area contributed by atoms with Crippen LogP contribution < -0.4 is 16.6 Å². The standard InChI is InChI=1S/C11H15N5O4S/c1-2-8-11(18)14-10(17)6-16(8)21(19,20)9-5-13-4-3-7(9)15-12/h3-5,8H,2,6,12H2,1H3,(H,13,15)(H,14,17,18). The maximum absolute atomic E-state index is 12.7. The zero-order valence-corrected chi connectivity index (χ0v) is 12.1. The molecule has 1 aliphatic heterocycles. The number of nitrogen functional groups attached to an aromatic ring is 1.